The molecule has 2 heterocycles. The van der Waals surface area contributed by atoms with E-state index >= 15 is 0 Å². The maximum absolute atomic E-state index is 12.1. The van der Waals surface area contributed by atoms with Gasteiger partial charge in [-0.25, -0.2) is 0 Å². The molecule has 1 aliphatic rings. The second-order valence-electron chi connectivity index (χ2n) is 6.93. The zero-order valence-corrected chi connectivity index (χ0v) is 16.2. The second-order valence-corrected chi connectivity index (χ2v) is 6.93. The van der Waals surface area contributed by atoms with E-state index in [2.05, 4.69) is 10.6 Å². The van der Waals surface area contributed by atoms with Gasteiger partial charge in [-0.1, -0.05) is 30.3 Å². The number of carbonyl (C=O) groups is 3. The first kappa shape index (κ1) is 19.5. The minimum absolute atomic E-state index is 0.299. The number of benzene rings is 2. The normalized spacial score (nSPS) is 16.2. The van der Waals surface area contributed by atoms with E-state index in [0.29, 0.717) is 17.2 Å². The van der Waals surface area contributed by atoms with Crippen LogP contribution in [0.2, 0.25) is 0 Å². The number of fused-ring (bicyclic) bond motifs is 2. The van der Waals surface area contributed by atoms with Crippen LogP contribution in [0.3, 0.4) is 0 Å². The molecule has 2 amide bonds. The van der Waals surface area contributed by atoms with Crippen molar-refractivity contribution in [3.8, 4) is 5.75 Å². The van der Waals surface area contributed by atoms with E-state index in [1.54, 1.807) is 31.2 Å². The van der Waals surface area contributed by atoms with Crippen LogP contribution in [0.25, 0.3) is 11.0 Å². The topological polar surface area (TPSA) is 107 Å². The lowest BCUT2D eigenvalue weighted by Gasteiger charge is -2.25. The molecule has 0 saturated carbocycles. The van der Waals surface area contributed by atoms with Crippen molar-refractivity contribution in [1.29, 1.82) is 0 Å². The molecule has 8 nitrogen and oxygen atoms in total. The number of ether oxygens (including phenoxy) is 2. The van der Waals surface area contributed by atoms with E-state index in [1.165, 1.54) is 0 Å². The fraction of sp³-hybridized carbons (Fsp3) is 0.227. The minimum Gasteiger partial charge on any atom is -0.478 e. The van der Waals surface area contributed by atoms with E-state index in [4.69, 9.17) is 13.9 Å². The van der Waals surface area contributed by atoms with Crippen LogP contribution in [0.4, 0.5) is 5.69 Å². The maximum Gasteiger partial charge on any atom is 0.310 e. The van der Waals surface area contributed by atoms with Gasteiger partial charge in [0.25, 0.3) is 11.8 Å². The Morgan fingerprint density at radius 3 is 2.77 bits per heavy atom. The number of hydrogen-bond donors (Lipinski definition) is 2. The SMILES string of the molecule is C[C@H](NC(=O)COC(=O)C[C@@H]1Oc2ccccc2NC1=O)c1cc2ccccc2o1. The third-order valence-corrected chi connectivity index (χ3v) is 4.67. The van der Waals surface area contributed by atoms with E-state index in [1.807, 2.05) is 30.3 Å². The van der Waals surface area contributed by atoms with Crippen LogP contribution in [-0.2, 0) is 19.1 Å². The van der Waals surface area contributed by atoms with E-state index < -0.39 is 36.5 Å². The van der Waals surface area contributed by atoms with Crippen LogP contribution in [0.1, 0.15) is 25.1 Å². The summed E-state index contributed by atoms with van der Waals surface area (Å²) in [6.07, 6.45) is -1.31. The first-order valence-corrected chi connectivity index (χ1v) is 9.49. The highest BCUT2D eigenvalue weighted by atomic mass is 16.5. The Bertz CT molecular complexity index is 1070. The molecule has 0 fully saturated rings. The smallest absolute Gasteiger partial charge is 0.310 e. The van der Waals surface area contributed by atoms with Gasteiger partial charge in [-0.05, 0) is 31.2 Å². The Morgan fingerprint density at radius 1 is 1.17 bits per heavy atom. The molecule has 2 N–H and O–H groups in total. The van der Waals surface area contributed by atoms with Gasteiger partial charge in [0.1, 0.15) is 17.1 Å². The zero-order valence-electron chi connectivity index (χ0n) is 16.2. The molecule has 8 heteroatoms. The van der Waals surface area contributed by atoms with Gasteiger partial charge >= 0.3 is 5.97 Å². The first-order valence-electron chi connectivity index (χ1n) is 9.49. The second kappa shape index (κ2) is 8.28. The van der Waals surface area contributed by atoms with Gasteiger partial charge in [-0.15, -0.1) is 0 Å². The summed E-state index contributed by atoms with van der Waals surface area (Å²) in [5.41, 5.74) is 1.28. The van der Waals surface area contributed by atoms with Gasteiger partial charge in [0.2, 0.25) is 0 Å². The molecule has 30 heavy (non-hydrogen) atoms. The molecule has 0 bridgehead atoms. The van der Waals surface area contributed by atoms with Crippen molar-refractivity contribution >= 4 is 34.4 Å². The molecular formula is C22H20N2O6. The summed E-state index contributed by atoms with van der Waals surface area (Å²) in [5.74, 6) is -0.542. The molecule has 4 rings (SSSR count). The van der Waals surface area contributed by atoms with Gasteiger partial charge in [-0.3, -0.25) is 14.4 Å². The van der Waals surface area contributed by atoms with Gasteiger partial charge in [0.15, 0.2) is 12.7 Å². The number of rotatable bonds is 6. The van der Waals surface area contributed by atoms with Crippen LogP contribution >= 0.6 is 0 Å². The summed E-state index contributed by atoms with van der Waals surface area (Å²) in [4.78, 5) is 36.3. The third kappa shape index (κ3) is 4.27. The lowest BCUT2D eigenvalue weighted by atomic mass is 10.1. The first-order chi connectivity index (χ1) is 14.5. The molecule has 1 aromatic heterocycles. The lowest BCUT2D eigenvalue weighted by Crippen LogP contribution is -2.39. The maximum atomic E-state index is 12.1. The Balaban J connectivity index is 1.26. The van der Waals surface area contributed by atoms with Crippen LogP contribution in [0.15, 0.2) is 59.0 Å². The molecular weight excluding hydrogens is 388 g/mol. The number of carbonyl (C=O) groups excluding carboxylic acids is 3. The average Bonchev–Trinajstić information content (AvgIpc) is 3.17. The summed E-state index contributed by atoms with van der Waals surface area (Å²) in [5, 5.41) is 6.33. The Labute approximate surface area is 172 Å². The van der Waals surface area contributed by atoms with Crippen molar-refractivity contribution in [3.05, 3.63) is 60.4 Å². The largest absolute Gasteiger partial charge is 0.478 e. The van der Waals surface area contributed by atoms with Gasteiger partial charge < -0.3 is 24.5 Å². The number of furan rings is 1. The van der Waals surface area contributed by atoms with Crippen LogP contribution in [-0.4, -0.2) is 30.5 Å². The van der Waals surface area contributed by atoms with Crippen molar-refractivity contribution in [3.63, 3.8) is 0 Å². The quantitative estimate of drug-likeness (QED) is 0.608. The number of amides is 2. The fourth-order valence-electron chi connectivity index (χ4n) is 3.15. The van der Waals surface area contributed by atoms with Gasteiger partial charge in [0, 0.05) is 5.39 Å². The van der Waals surface area contributed by atoms with E-state index in [0.717, 1.165) is 11.0 Å². The number of hydrogen-bond acceptors (Lipinski definition) is 6. The van der Waals surface area contributed by atoms with Crippen LogP contribution in [0.5, 0.6) is 5.75 Å². The standard InChI is InChI=1S/C22H20N2O6/c1-13(18-10-14-6-2-4-8-16(14)29-18)23-20(25)12-28-21(26)11-19-22(27)24-15-7-3-5-9-17(15)30-19/h2-10,13,19H,11-12H2,1H3,(H,23,25)(H,24,27)/t13-,19-/m0/s1. The van der Waals surface area contributed by atoms with Crippen molar-refractivity contribution in [2.45, 2.75) is 25.5 Å². The Morgan fingerprint density at radius 2 is 1.93 bits per heavy atom. The molecule has 0 spiro atoms. The predicted octanol–water partition coefficient (Wildman–Crippen LogP) is 2.94. The predicted molar refractivity (Wildman–Crippen MR) is 108 cm³/mol. The number of anilines is 1. The summed E-state index contributed by atoms with van der Waals surface area (Å²) in [7, 11) is 0. The molecule has 0 aliphatic carbocycles. The summed E-state index contributed by atoms with van der Waals surface area (Å²) in [6, 6.07) is 15.9. The van der Waals surface area contributed by atoms with Crippen molar-refractivity contribution < 1.29 is 28.3 Å². The number of nitrogens with one attached hydrogen (secondary N) is 2. The molecule has 154 valence electrons. The number of esters is 1. The monoisotopic (exact) mass is 408 g/mol. The highest BCUT2D eigenvalue weighted by molar-refractivity contribution is 5.99. The van der Waals surface area contributed by atoms with Crippen LogP contribution < -0.4 is 15.4 Å². The number of para-hydroxylation sites is 3. The van der Waals surface area contributed by atoms with Gasteiger partial charge in [-0.2, -0.15) is 0 Å². The molecule has 0 unspecified atom stereocenters. The summed E-state index contributed by atoms with van der Waals surface area (Å²) >= 11 is 0. The highest BCUT2D eigenvalue weighted by Gasteiger charge is 2.30. The van der Waals surface area contributed by atoms with Crippen molar-refractivity contribution in [2.24, 2.45) is 0 Å². The summed E-state index contributed by atoms with van der Waals surface area (Å²) in [6.45, 7) is 1.31. The fourth-order valence-corrected chi connectivity index (χ4v) is 3.15. The molecule has 0 saturated heterocycles. The molecule has 3 aromatic rings. The lowest BCUT2D eigenvalue weighted by molar-refractivity contribution is -0.151. The van der Waals surface area contributed by atoms with E-state index in [-0.39, 0.29) is 6.42 Å². The molecule has 2 aromatic carbocycles. The molecule has 1 aliphatic heterocycles. The van der Waals surface area contributed by atoms with Crippen molar-refractivity contribution in [2.75, 3.05) is 11.9 Å². The highest BCUT2D eigenvalue weighted by Crippen LogP contribution is 2.29. The Hall–Kier alpha value is -3.81. The molecule has 0 radical (unpaired) electrons. The van der Waals surface area contributed by atoms with Gasteiger partial charge in [0.05, 0.1) is 18.2 Å². The molecule has 2 atom stereocenters. The third-order valence-electron chi connectivity index (χ3n) is 4.67. The average molecular weight is 408 g/mol. The van der Waals surface area contributed by atoms with Crippen molar-refractivity contribution in [1.82, 2.24) is 5.32 Å². The van der Waals surface area contributed by atoms with Crippen LogP contribution in [0, 0.1) is 0 Å². The van der Waals surface area contributed by atoms with E-state index in [9.17, 15) is 14.4 Å². The minimum atomic E-state index is -1.01. The Kier molecular flexibility index (Phi) is 5.38. The zero-order chi connectivity index (χ0) is 21.1. The summed E-state index contributed by atoms with van der Waals surface area (Å²) < 4.78 is 16.3.